The SMILES string of the molecule is CCNC(=NCc1ccc(N2CCN(C)CC2)nc1)NCc1ccc(OC)cc1OC. The van der Waals surface area contributed by atoms with Crippen LogP contribution in [-0.4, -0.2) is 69.8 Å². The molecular formula is C23H34N6O2. The van der Waals surface area contributed by atoms with Crippen molar-refractivity contribution in [3.05, 3.63) is 47.7 Å². The molecule has 168 valence electrons. The summed E-state index contributed by atoms with van der Waals surface area (Å²) < 4.78 is 10.7. The summed E-state index contributed by atoms with van der Waals surface area (Å²) in [5.74, 6) is 3.35. The van der Waals surface area contributed by atoms with E-state index >= 15 is 0 Å². The Bertz CT molecular complexity index is 848. The fourth-order valence-electron chi connectivity index (χ4n) is 3.42. The van der Waals surface area contributed by atoms with Crippen LogP contribution < -0.4 is 25.0 Å². The molecule has 0 aliphatic carbocycles. The minimum absolute atomic E-state index is 0.561. The van der Waals surface area contributed by atoms with Crippen LogP contribution in [0.4, 0.5) is 5.82 Å². The van der Waals surface area contributed by atoms with Crippen molar-refractivity contribution in [1.29, 1.82) is 0 Å². The van der Waals surface area contributed by atoms with Gasteiger partial charge in [-0.1, -0.05) is 6.07 Å². The number of guanidine groups is 1. The van der Waals surface area contributed by atoms with Crippen molar-refractivity contribution < 1.29 is 9.47 Å². The van der Waals surface area contributed by atoms with E-state index in [1.54, 1.807) is 14.2 Å². The lowest BCUT2D eigenvalue weighted by atomic mass is 10.2. The minimum Gasteiger partial charge on any atom is -0.497 e. The summed E-state index contributed by atoms with van der Waals surface area (Å²) >= 11 is 0. The Morgan fingerprint density at radius 1 is 1.06 bits per heavy atom. The lowest BCUT2D eigenvalue weighted by Gasteiger charge is -2.33. The van der Waals surface area contributed by atoms with Gasteiger partial charge in [-0.05, 0) is 37.7 Å². The van der Waals surface area contributed by atoms with E-state index in [0.717, 1.165) is 67.1 Å². The van der Waals surface area contributed by atoms with Crippen molar-refractivity contribution in [2.45, 2.75) is 20.0 Å². The van der Waals surface area contributed by atoms with Gasteiger partial charge in [0.25, 0.3) is 0 Å². The van der Waals surface area contributed by atoms with Crippen LogP contribution in [-0.2, 0) is 13.1 Å². The van der Waals surface area contributed by atoms with Gasteiger partial charge in [0.05, 0.1) is 20.8 Å². The zero-order valence-corrected chi connectivity index (χ0v) is 19.0. The number of nitrogens with one attached hydrogen (secondary N) is 2. The number of hydrogen-bond acceptors (Lipinski definition) is 6. The molecule has 31 heavy (non-hydrogen) atoms. The Kier molecular flexibility index (Phi) is 8.35. The van der Waals surface area contributed by atoms with Gasteiger partial charge in [0.2, 0.25) is 0 Å². The molecule has 1 aliphatic heterocycles. The predicted octanol–water partition coefficient (Wildman–Crippen LogP) is 2.11. The fraction of sp³-hybridized carbons (Fsp3) is 0.478. The summed E-state index contributed by atoms with van der Waals surface area (Å²) in [6.45, 7) is 8.18. The van der Waals surface area contributed by atoms with Gasteiger partial charge in [-0.25, -0.2) is 9.98 Å². The van der Waals surface area contributed by atoms with E-state index in [1.165, 1.54) is 0 Å². The van der Waals surface area contributed by atoms with Crippen LogP contribution in [0.15, 0.2) is 41.5 Å². The van der Waals surface area contributed by atoms with Gasteiger partial charge in [0.15, 0.2) is 5.96 Å². The third kappa shape index (κ3) is 6.49. The third-order valence-electron chi connectivity index (χ3n) is 5.34. The molecule has 0 unspecified atom stereocenters. The van der Waals surface area contributed by atoms with Crippen LogP contribution >= 0.6 is 0 Å². The highest BCUT2D eigenvalue weighted by molar-refractivity contribution is 5.79. The van der Waals surface area contributed by atoms with Gasteiger partial charge >= 0.3 is 0 Å². The molecule has 8 heteroatoms. The van der Waals surface area contributed by atoms with E-state index in [1.807, 2.05) is 24.4 Å². The fourth-order valence-corrected chi connectivity index (χ4v) is 3.42. The number of anilines is 1. The van der Waals surface area contributed by atoms with Crippen LogP contribution in [0.3, 0.4) is 0 Å². The molecule has 2 aromatic rings. The first-order valence-electron chi connectivity index (χ1n) is 10.7. The third-order valence-corrected chi connectivity index (χ3v) is 5.34. The van der Waals surface area contributed by atoms with Crippen LogP contribution in [0.25, 0.3) is 0 Å². The molecule has 1 aromatic carbocycles. The van der Waals surface area contributed by atoms with E-state index in [4.69, 9.17) is 14.5 Å². The van der Waals surface area contributed by atoms with E-state index in [9.17, 15) is 0 Å². The van der Waals surface area contributed by atoms with Gasteiger partial charge in [-0.2, -0.15) is 0 Å². The van der Waals surface area contributed by atoms with Gasteiger partial charge < -0.3 is 29.9 Å². The number of ether oxygens (including phenoxy) is 2. The van der Waals surface area contributed by atoms with Gasteiger partial charge in [-0.15, -0.1) is 0 Å². The average molecular weight is 427 g/mol. The molecule has 1 aliphatic rings. The Balaban J connectivity index is 1.59. The molecule has 0 saturated carbocycles. The number of benzene rings is 1. The summed E-state index contributed by atoms with van der Waals surface area (Å²) in [7, 11) is 5.47. The molecule has 3 rings (SSSR count). The van der Waals surface area contributed by atoms with Crippen molar-refractivity contribution >= 4 is 11.8 Å². The average Bonchev–Trinajstić information content (AvgIpc) is 2.81. The van der Waals surface area contributed by atoms with E-state index in [0.29, 0.717) is 13.1 Å². The number of piperazine rings is 1. The first kappa shape index (κ1) is 22.7. The quantitative estimate of drug-likeness (QED) is 0.495. The highest BCUT2D eigenvalue weighted by Gasteiger charge is 2.15. The number of nitrogens with zero attached hydrogens (tertiary/aromatic N) is 4. The zero-order valence-electron chi connectivity index (χ0n) is 19.0. The van der Waals surface area contributed by atoms with Crippen molar-refractivity contribution in [3.8, 4) is 11.5 Å². The molecule has 0 bridgehead atoms. The van der Waals surface area contributed by atoms with Gasteiger partial charge in [-0.3, -0.25) is 0 Å². The summed E-state index contributed by atoms with van der Waals surface area (Å²) in [6.07, 6.45) is 1.92. The molecule has 1 fully saturated rings. The molecule has 2 N–H and O–H groups in total. The van der Waals surface area contributed by atoms with E-state index in [-0.39, 0.29) is 0 Å². The molecule has 0 spiro atoms. The summed E-state index contributed by atoms with van der Waals surface area (Å²) in [5, 5.41) is 6.66. The topological polar surface area (TPSA) is 74.3 Å². The van der Waals surface area contributed by atoms with Crippen LogP contribution in [0.2, 0.25) is 0 Å². The summed E-state index contributed by atoms with van der Waals surface area (Å²) in [5.41, 5.74) is 2.12. The number of rotatable bonds is 8. The number of aliphatic imine (C=N–C) groups is 1. The van der Waals surface area contributed by atoms with Crippen molar-refractivity contribution in [2.24, 2.45) is 4.99 Å². The maximum atomic E-state index is 5.48. The van der Waals surface area contributed by atoms with Crippen molar-refractivity contribution in [1.82, 2.24) is 20.5 Å². The van der Waals surface area contributed by atoms with E-state index in [2.05, 4.69) is 51.5 Å². The second-order valence-corrected chi connectivity index (χ2v) is 7.54. The second-order valence-electron chi connectivity index (χ2n) is 7.54. The summed E-state index contributed by atoms with van der Waals surface area (Å²) in [4.78, 5) is 14.0. The first-order chi connectivity index (χ1) is 15.1. The lowest BCUT2D eigenvalue weighted by molar-refractivity contribution is 0.312. The summed E-state index contributed by atoms with van der Waals surface area (Å²) in [6, 6.07) is 10.0. The van der Waals surface area contributed by atoms with Gasteiger partial charge in [0, 0.05) is 57.1 Å². The predicted molar refractivity (Wildman–Crippen MR) is 125 cm³/mol. The molecule has 0 radical (unpaired) electrons. The Labute approximate surface area is 185 Å². The van der Waals surface area contributed by atoms with Crippen molar-refractivity contribution in [3.63, 3.8) is 0 Å². The highest BCUT2D eigenvalue weighted by Crippen LogP contribution is 2.24. The molecule has 8 nitrogen and oxygen atoms in total. The number of methoxy groups -OCH3 is 2. The van der Waals surface area contributed by atoms with Crippen LogP contribution in [0.5, 0.6) is 11.5 Å². The number of likely N-dealkylation sites (N-methyl/N-ethyl adjacent to an activating group) is 1. The van der Waals surface area contributed by atoms with E-state index < -0.39 is 0 Å². The molecule has 2 heterocycles. The van der Waals surface area contributed by atoms with Crippen LogP contribution in [0, 0.1) is 0 Å². The molecule has 0 atom stereocenters. The largest absolute Gasteiger partial charge is 0.497 e. The molecule has 1 aromatic heterocycles. The van der Waals surface area contributed by atoms with Crippen LogP contribution in [0.1, 0.15) is 18.1 Å². The first-order valence-corrected chi connectivity index (χ1v) is 10.7. The maximum absolute atomic E-state index is 5.48. The number of pyridine rings is 1. The van der Waals surface area contributed by atoms with Gasteiger partial charge in [0.1, 0.15) is 17.3 Å². The molecule has 0 amide bonds. The molecule has 1 saturated heterocycles. The number of hydrogen-bond donors (Lipinski definition) is 2. The lowest BCUT2D eigenvalue weighted by Crippen LogP contribution is -2.44. The normalized spacial score (nSPS) is 15.0. The minimum atomic E-state index is 0.561. The highest BCUT2D eigenvalue weighted by atomic mass is 16.5. The smallest absolute Gasteiger partial charge is 0.191 e. The zero-order chi connectivity index (χ0) is 22.1. The Morgan fingerprint density at radius 2 is 1.87 bits per heavy atom. The Morgan fingerprint density at radius 3 is 2.52 bits per heavy atom. The monoisotopic (exact) mass is 426 g/mol. The number of aromatic nitrogens is 1. The van der Waals surface area contributed by atoms with Crippen molar-refractivity contribution in [2.75, 3.05) is 58.9 Å². The Hall–Kier alpha value is -3.00. The standard InChI is InChI=1S/C23H34N6O2/c1-5-24-23(27-17-19-7-8-20(30-3)14-21(19)31-4)26-16-18-6-9-22(25-15-18)29-12-10-28(2)11-13-29/h6-9,14-15H,5,10-13,16-17H2,1-4H3,(H2,24,26,27). The maximum Gasteiger partial charge on any atom is 0.191 e. The molecular weight excluding hydrogens is 392 g/mol. The second kappa shape index (κ2) is 11.4.